The first-order chi connectivity index (χ1) is 6.45. The molecule has 0 aromatic rings. The maximum atomic E-state index is 11.6. The fourth-order valence-corrected chi connectivity index (χ4v) is 0.684. The van der Waals surface area contributed by atoms with E-state index in [1.165, 1.54) is 0 Å². The summed E-state index contributed by atoms with van der Waals surface area (Å²) in [7, 11) is 0. The van der Waals surface area contributed by atoms with Gasteiger partial charge in [-0.1, -0.05) is 6.92 Å². The number of carbonyl (C=O) groups is 1. The minimum absolute atomic E-state index is 0.303. The summed E-state index contributed by atoms with van der Waals surface area (Å²) in [6.45, 7) is 2.18. The molecule has 0 aliphatic rings. The summed E-state index contributed by atoms with van der Waals surface area (Å²) in [6.07, 6.45) is -4.36. The van der Waals surface area contributed by atoms with Crippen molar-refractivity contribution in [3.63, 3.8) is 0 Å². The van der Waals surface area contributed by atoms with Crippen LogP contribution in [0.1, 0.15) is 6.92 Å². The van der Waals surface area contributed by atoms with Crippen LogP contribution in [-0.2, 0) is 0 Å². The van der Waals surface area contributed by atoms with Crippen molar-refractivity contribution in [1.82, 2.24) is 16.0 Å². The molecular weight excluding hydrogens is 199 g/mol. The molecule has 0 unspecified atom stereocenters. The first-order valence-corrected chi connectivity index (χ1v) is 4.25. The number of urea groups is 1. The van der Waals surface area contributed by atoms with Crippen LogP contribution < -0.4 is 16.0 Å². The highest BCUT2D eigenvalue weighted by atomic mass is 19.4. The van der Waals surface area contributed by atoms with Gasteiger partial charge in [-0.25, -0.2) is 4.79 Å². The number of nitrogens with one attached hydrogen (secondary N) is 3. The van der Waals surface area contributed by atoms with Crippen LogP contribution >= 0.6 is 0 Å². The molecule has 7 heteroatoms. The second-order valence-electron chi connectivity index (χ2n) is 2.58. The number of hydrogen-bond acceptors (Lipinski definition) is 2. The van der Waals surface area contributed by atoms with E-state index in [9.17, 15) is 18.0 Å². The Kier molecular flexibility index (Phi) is 6.02. The molecule has 0 radical (unpaired) electrons. The summed E-state index contributed by atoms with van der Waals surface area (Å²) in [5, 5.41) is 6.89. The highest BCUT2D eigenvalue weighted by molar-refractivity contribution is 5.73. The van der Waals surface area contributed by atoms with Crippen LogP contribution in [0.25, 0.3) is 0 Å². The Balaban J connectivity index is 3.38. The van der Waals surface area contributed by atoms with Crippen LogP contribution in [0.5, 0.6) is 0 Å². The molecule has 0 aliphatic carbocycles. The lowest BCUT2D eigenvalue weighted by atomic mass is 10.5. The van der Waals surface area contributed by atoms with Crippen LogP contribution in [-0.4, -0.2) is 38.4 Å². The van der Waals surface area contributed by atoms with Crippen molar-refractivity contribution in [2.75, 3.05) is 26.2 Å². The van der Waals surface area contributed by atoms with Gasteiger partial charge in [-0.15, -0.1) is 0 Å². The molecule has 4 nitrogen and oxygen atoms in total. The van der Waals surface area contributed by atoms with Crippen molar-refractivity contribution in [1.29, 1.82) is 0 Å². The monoisotopic (exact) mass is 213 g/mol. The lowest BCUT2D eigenvalue weighted by Crippen LogP contribution is -2.42. The number of amides is 2. The predicted octanol–water partition coefficient (Wildman–Crippen LogP) is 0.457. The Morgan fingerprint density at radius 1 is 1.21 bits per heavy atom. The van der Waals surface area contributed by atoms with Crippen LogP contribution in [0.2, 0.25) is 0 Å². The Labute approximate surface area is 80.2 Å². The molecule has 0 aliphatic heterocycles. The molecule has 3 N–H and O–H groups in total. The van der Waals surface area contributed by atoms with Crippen molar-refractivity contribution in [3.8, 4) is 0 Å². The van der Waals surface area contributed by atoms with Crippen molar-refractivity contribution >= 4 is 6.03 Å². The molecule has 0 aromatic carbocycles. The summed E-state index contributed by atoms with van der Waals surface area (Å²) >= 11 is 0. The van der Waals surface area contributed by atoms with E-state index < -0.39 is 18.8 Å². The third kappa shape index (κ3) is 9.11. The Bertz CT molecular complexity index is 172. The van der Waals surface area contributed by atoms with E-state index in [1.54, 1.807) is 5.32 Å². The van der Waals surface area contributed by atoms with Gasteiger partial charge >= 0.3 is 12.2 Å². The molecule has 0 saturated heterocycles. The maximum absolute atomic E-state index is 11.6. The highest BCUT2D eigenvalue weighted by Gasteiger charge is 2.27. The highest BCUT2D eigenvalue weighted by Crippen LogP contribution is 2.11. The van der Waals surface area contributed by atoms with Crippen molar-refractivity contribution in [2.45, 2.75) is 13.1 Å². The third-order valence-corrected chi connectivity index (χ3v) is 1.29. The van der Waals surface area contributed by atoms with Crippen molar-refractivity contribution in [3.05, 3.63) is 0 Å². The van der Waals surface area contributed by atoms with E-state index in [2.05, 4.69) is 10.6 Å². The molecule has 0 heterocycles. The lowest BCUT2D eigenvalue weighted by molar-refractivity contribution is -0.122. The van der Waals surface area contributed by atoms with E-state index in [0.717, 1.165) is 6.54 Å². The Hall–Kier alpha value is -0.980. The summed E-state index contributed by atoms with van der Waals surface area (Å²) in [4.78, 5) is 10.7. The van der Waals surface area contributed by atoms with Gasteiger partial charge in [0.25, 0.3) is 0 Å². The average Bonchev–Trinajstić information content (AvgIpc) is 2.08. The molecule has 0 atom stereocenters. The van der Waals surface area contributed by atoms with Crippen LogP contribution in [0.3, 0.4) is 0 Å². The van der Waals surface area contributed by atoms with Crippen molar-refractivity contribution < 1.29 is 18.0 Å². The molecular formula is C7H14F3N3O. The van der Waals surface area contributed by atoms with Crippen LogP contribution in [0.15, 0.2) is 0 Å². The zero-order valence-electron chi connectivity index (χ0n) is 7.87. The smallest absolute Gasteiger partial charge is 0.337 e. The van der Waals surface area contributed by atoms with E-state index >= 15 is 0 Å². The topological polar surface area (TPSA) is 53.2 Å². The maximum Gasteiger partial charge on any atom is 0.405 e. The normalized spacial score (nSPS) is 11.1. The first-order valence-electron chi connectivity index (χ1n) is 4.25. The largest absolute Gasteiger partial charge is 0.405 e. The zero-order valence-corrected chi connectivity index (χ0v) is 7.87. The molecule has 84 valence electrons. The van der Waals surface area contributed by atoms with E-state index in [-0.39, 0.29) is 0 Å². The SMILES string of the molecule is CCNCCNC(=O)NCC(F)(F)F. The quantitative estimate of drug-likeness (QED) is 0.581. The van der Waals surface area contributed by atoms with Gasteiger partial charge in [0.2, 0.25) is 0 Å². The summed E-state index contributed by atoms with van der Waals surface area (Å²) in [6, 6.07) is -0.805. The van der Waals surface area contributed by atoms with Gasteiger partial charge in [0, 0.05) is 13.1 Å². The van der Waals surface area contributed by atoms with Gasteiger partial charge in [-0.2, -0.15) is 13.2 Å². The third-order valence-electron chi connectivity index (χ3n) is 1.29. The van der Waals surface area contributed by atoms with E-state index in [4.69, 9.17) is 0 Å². The molecule has 0 fully saturated rings. The fraction of sp³-hybridized carbons (Fsp3) is 0.857. The summed E-state index contributed by atoms with van der Waals surface area (Å²) in [5.74, 6) is 0. The van der Waals surface area contributed by atoms with Gasteiger partial charge in [0.15, 0.2) is 0 Å². The zero-order chi connectivity index (χ0) is 11.0. The number of halogens is 3. The number of carbonyl (C=O) groups excluding carboxylic acids is 1. The van der Waals surface area contributed by atoms with Crippen molar-refractivity contribution in [2.24, 2.45) is 0 Å². The molecule has 0 bridgehead atoms. The Morgan fingerprint density at radius 2 is 1.86 bits per heavy atom. The molecule has 0 rings (SSSR count). The van der Waals surface area contributed by atoms with E-state index in [0.29, 0.717) is 13.1 Å². The van der Waals surface area contributed by atoms with Crippen LogP contribution in [0.4, 0.5) is 18.0 Å². The average molecular weight is 213 g/mol. The molecule has 0 saturated carbocycles. The summed E-state index contributed by atoms with van der Waals surface area (Å²) in [5.41, 5.74) is 0. The minimum Gasteiger partial charge on any atom is -0.337 e. The van der Waals surface area contributed by atoms with Gasteiger partial charge in [0.05, 0.1) is 0 Å². The number of rotatable bonds is 5. The molecule has 0 spiro atoms. The van der Waals surface area contributed by atoms with E-state index in [1.807, 2.05) is 6.92 Å². The van der Waals surface area contributed by atoms with Gasteiger partial charge in [0.1, 0.15) is 6.54 Å². The minimum atomic E-state index is -4.36. The van der Waals surface area contributed by atoms with Gasteiger partial charge in [-0.3, -0.25) is 0 Å². The fourth-order valence-electron chi connectivity index (χ4n) is 0.684. The molecule has 14 heavy (non-hydrogen) atoms. The molecule has 0 aromatic heterocycles. The standard InChI is InChI=1S/C7H14F3N3O/c1-2-11-3-4-12-6(14)13-5-7(8,9)10/h11H,2-5H2,1H3,(H2,12,13,14). The number of hydrogen-bond donors (Lipinski definition) is 3. The van der Waals surface area contributed by atoms with Gasteiger partial charge in [-0.05, 0) is 6.54 Å². The van der Waals surface area contributed by atoms with Crippen LogP contribution in [0, 0.1) is 0 Å². The number of alkyl halides is 3. The second kappa shape index (κ2) is 6.47. The van der Waals surface area contributed by atoms with Gasteiger partial charge < -0.3 is 16.0 Å². The second-order valence-corrected chi connectivity index (χ2v) is 2.58. The lowest BCUT2D eigenvalue weighted by Gasteiger charge is -2.09. The first kappa shape index (κ1) is 13.0. The number of likely N-dealkylation sites (N-methyl/N-ethyl adjacent to an activating group) is 1. The Morgan fingerprint density at radius 3 is 2.36 bits per heavy atom. The predicted molar refractivity (Wildman–Crippen MR) is 46.0 cm³/mol. The molecule has 2 amide bonds. The summed E-state index contributed by atoms with van der Waals surface area (Å²) < 4.78 is 34.8.